The van der Waals surface area contributed by atoms with Crippen LogP contribution in [-0.2, 0) is 0 Å². The Labute approximate surface area is 163 Å². The Bertz CT molecular complexity index is 1110. The maximum Gasteiger partial charge on any atom is 0.257 e. The SMILES string of the molecule is O=C(c1cccc(F)c1)N1C=C(c2cccc(C#Cc3ccccc3)c2)CC1. The van der Waals surface area contributed by atoms with Crippen LogP contribution in [0.4, 0.5) is 4.39 Å². The van der Waals surface area contributed by atoms with E-state index in [1.807, 2.05) is 60.8 Å². The van der Waals surface area contributed by atoms with Gasteiger partial charge in [-0.2, -0.15) is 0 Å². The average Bonchev–Trinajstić information content (AvgIpc) is 3.23. The van der Waals surface area contributed by atoms with Crippen LogP contribution >= 0.6 is 0 Å². The molecule has 0 bridgehead atoms. The second-order valence-corrected chi connectivity index (χ2v) is 6.61. The van der Waals surface area contributed by atoms with Crippen molar-refractivity contribution in [2.24, 2.45) is 0 Å². The summed E-state index contributed by atoms with van der Waals surface area (Å²) >= 11 is 0. The first-order valence-corrected chi connectivity index (χ1v) is 9.14. The van der Waals surface area contributed by atoms with Crippen molar-refractivity contribution in [2.45, 2.75) is 6.42 Å². The topological polar surface area (TPSA) is 20.3 Å². The zero-order valence-electron chi connectivity index (χ0n) is 15.2. The highest BCUT2D eigenvalue weighted by atomic mass is 19.1. The van der Waals surface area contributed by atoms with Crippen LogP contribution in [0, 0.1) is 17.7 Å². The molecule has 136 valence electrons. The summed E-state index contributed by atoms with van der Waals surface area (Å²) in [6.45, 7) is 0.588. The predicted octanol–water partition coefficient (Wildman–Crippen LogP) is 5.11. The standard InChI is InChI=1S/C25H18FNO/c26-24-11-5-10-22(17-24)25(28)27-15-14-23(18-27)21-9-4-8-20(16-21)13-12-19-6-2-1-3-7-19/h1-11,16-18H,14-15H2. The molecular formula is C25H18FNO. The van der Waals surface area contributed by atoms with Gasteiger partial charge in [-0.3, -0.25) is 4.79 Å². The van der Waals surface area contributed by atoms with Crippen molar-refractivity contribution in [3.05, 3.63) is 113 Å². The minimum absolute atomic E-state index is 0.186. The van der Waals surface area contributed by atoms with Gasteiger partial charge in [0.2, 0.25) is 0 Å². The fourth-order valence-electron chi connectivity index (χ4n) is 3.19. The minimum Gasteiger partial charge on any atom is -0.314 e. The van der Waals surface area contributed by atoms with Gasteiger partial charge in [-0.05, 0) is 60.0 Å². The smallest absolute Gasteiger partial charge is 0.257 e. The van der Waals surface area contributed by atoms with Crippen LogP contribution in [0.5, 0.6) is 0 Å². The number of hydrogen-bond donors (Lipinski definition) is 0. The third kappa shape index (κ3) is 4.02. The predicted molar refractivity (Wildman–Crippen MR) is 109 cm³/mol. The van der Waals surface area contributed by atoms with Gasteiger partial charge in [0.05, 0.1) is 0 Å². The number of benzene rings is 3. The van der Waals surface area contributed by atoms with Crippen molar-refractivity contribution in [3.63, 3.8) is 0 Å². The monoisotopic (exact) mass is 367 g/mol. The van der Waals surface area contributed by atoms with Gasteiger partial charge in [0.1, 0.15) is 5.82 Å². The van der Waals surface area contributed by atoms with Crippen molar-refractivity contribution >= 4 is 11.5 Å². The maximum atomic E-state index is 13.4. The Morgan fingerprint density at radius 2 is 1.61 bits per heavy atom. The van der Waals surface area contributed by atoms with Crippen LogP contribution in [0.25, 0.3) is 5.57 Å². The molecule has 4 rings (SSSR count). The molecule has 1 aliphatic rings. The molecule has 0 atom stereocenters. The molecular weight excluding hydrogens is 349 g/mol. The highest BCUT2D eigenvalue weighted by Gasteiger charge is 2.21. The number of hydrogen-bond acceptors (Lipinski definition) is 1. The third-order valence-corrected chi connectivity index (χ3v) is 4.62. The van der Waals surface area contributed by atoms with Gasteiger partial charge >= 0.3 is 0 Å². The molecule has 1 aliphatic heterocycles. The lowest BCUT2D eigenvalue weighted by molar-refractivity contribution is 0.0832. The van der Waals surface area contributed by atoms with Crippen molar-refractivity contribution in [3.8, 4) is 11.8 Å². The first-order chi connectivity index (χ1) is 13.7. The van der Waals surface area contributed by atoms with Gasteiger partial charge in [-0.15, -0.1) is 0 Å². The molecule has 0 saturated carbocycles. The number of nitrogens with zero attached hydrogens (tertiary/aromatic N) is 1. The lowest BCUT2D eigenvalue weighted by Crippen LogP contribution is -2.23. The Hall–Kier alpha value is -3.64. The van der Waals surface area contributed by atoms with Crippen LogP contribution in [0.2, 0.25) is 0 Å². The zero-order valence-corrected chi connectivity index (χ0v) is 15.2. The van der Waals surface area contributed by atoms with E-state index in [4.69, 9.17) is 0 Å². The van der Waals surface area contributed by atoms with Crippen molar-refractivity contribution in [1.82, 2.24) is 4.90 Å². The van der Waals surface area contributed by atoms with Gasteiger partial charge in [-0.1, -0.05) is 48.2 Å². The van der Waals surface area contributed by atoms with Gasteiger partial charge in [0.15, 0.2) is 0 Å². The van der Waals surface area contributed by atoms with Crippen LogP contribution in [-0.4, -0.2) is 17.4 Å². The summed E-state index contributed by atoms with van der Waals surface area (Å²) in [5.74, 6) is 5.77. The number of rotatable bonds is 2. The number of halogens is 1. The Kier molecular flexibility index (Phi) is 5.03. The van der Waals surface area contributed by atoms with E-state index in [2.05, 4.69) is 11.8 Å². The molecule has 0 aromatic heterocycles. The second kappa shape index (κ2) is 7.94. The second-order valence-electron chi connectivity index (χ2n) is 6.61. The fourth-order valence-corrected chi connectivity index (χ4v) is 3.19. The first kappa shape index (κ1) is 17.8. The average molecular weight is 367 g/mol. The van der Waals surface area contributed by atoms with Gasteiger partial charge in [-0.25, -0.2) is 4.39 Å². The summed E-state index contributed by atoms with van der Waals surface area (Å²) in [7, 11) is 0. The van der Waals surface area contributed by atoms with E-state index in [-0.39, 0.29) is 5.91 Å². The summed E-state index contributed by atoms with van der Waals surface area (Å²) < 4.78 is 13.4. The molecule has 0 radical (unpaired) electrons. The molecule has 0 unspecified atom stereocenters. The summed E-state index contributed by atoms with van der Waals surface area (Å²) in [6.07, 6.45) is 2.62. The Morgan fingerprint density at radius 1 is 0.857 bits per heavy atom. The van der Waals surface area contributed by atoms with E-state index < -0.39 is 5.82 Å². The Balaban J connectivity index is 1.54. The van der Waals surface area contributed by atoms with Crippen molar-refractivity contribution < 1.29 is 9.18 Å². The molecule has 0 N–H and O–H groups in total. The highest BCUT2D eigenvalue weighted by Crippen LogP contribution is 2.26. The quantitative estimate of drug-likeness (QED) is 0.576. The molecule has 0 spiro atoms. The van der Waals surface area contributed by atoms with E-state index in [1.54, 1.807) is 17.0 Å². The molecule has 0 aliphatic carbocycles. The molecule has 2 nitrogen and oxygen atoms in total. The Morgan fingerprint density at radius 3 is 2.43 bits per heavy atom. The van der Waals surface area contributed by atoms with E-state index >= 15 is 0 Å². The normalized spacial score (nSPS) is 12.9. The van der Waals surface area contributed by atoms with Crippen LogP contribution in [0.3, 0.4) is 0 Å². The number of carbonyl (C=O) groups excluding carboxylic acids is 1. The van der Waals surface area contributed by atoms with Gasteiger partial charge in [0, 0.05) is 29.4 Å². The van der Waals surface area contributed by atoms with Crippen molar-refractivity contribution in [1.29, 1.82) is 0 Å². The molecule has 3 aromatic carbocycles. The highest BCUT2D eigenvalue weighted by molar-refractivity contribution is 5.96. The van der Waals surface area contributed by atoms with Crippen LogP contribution in [0.15, 0.2) is 85.1 Å². The molecule has 1 heterocycles. The first-order valence-electron chi connectivity index (χ1n) is 9.14. The van der Waals surface area contributed by atoms with Crippen LogP contribution in [0.1, 0.15) is 33.5 Å². The lowest BCUT2D eigenvalue weighted by Gasteiger charge is -2.12. The molecule has 1 amide bonds. The van der Waals surface area contributed by atoms with E-state index in [0.717, 1.165) is 28.7 Å². The maximum absolute atomic E-state index is 13.4. The summed E-state index contributed by atoms with van der Waals surface area (Å²) in [5, 5.41) is 0. The summed E-state index contributed by atoms with van der Waals surface area (Å²) in [5.41, 5.74) is 4.39. The molecule has 0 saturated heterocycles. The van der Waals surface area contributed by atoms with Crippen molar-refractivity contribution in [2.75, 3.05) is 6.54 Å². The third-order valence-electron chi connectivity index (χ3n) is 4.62. The summed E-state index contributed by atoms with van der Waals surface area (Å²) in [4.78, 5) is 14.2. The molecule has 0 fully saturated rings. The molecule has 28 heavy (non-hydrogen) atoms. The largest absolute Gasteiger partial charge is 0.314 e. The van der Waals surface area contributed by atoms with Gasteiger partial charge in [0.25, 0.3) is 5.91 Å². The van der Waals surface area contributed by atoms with E-state index in [1.165, 1.54) is 12.1 Å². The fraction of sp³-hybridized carbons (Fsp3) is 0.0800. The van der Waals surface area contributed by atoms with Crippen LogP contribution < -0.4 is 0 Å². The van der Waals surface area contributed by atoms with Gasteiger partial charge < -0.3 is 4.90 Å². The number of amides is 1. The zero-order chi connectivity index (χ0) is 19.3. The summed E-state index contributed by atoms with van der Waals surface area (Å²) in [6, 6.07) is 23.7. The lowest BCUT2D eigenvalue weighted by atomic mass is 10.0. The van der Waals surface area contributed by atoms with E-state index in [0.29, 0.717) is 12.1 Å². The number of carbonyl (C=O) groups is 1. The molecule has 3 heteroatoms. The molecule has 3 aromatic rings. The van der Waals surface area contributed by atoms with E-state index in [9.17, 15) is 9.18 Å². The minimum atomic E-state index is -0.404.